The van der Waals surface area contributed by atoms with Crippen molar-refractivity contribution in [2.45, 2.75) is 6.18 Å². The molecule has 3 N–H and O–H groups in total. The molecule has 1 fully saturated rings. The zero-order chi connectivity index (χ0) is 18.9. The van der Waals surface area contributed by atoms with Gasteiger partial charge in [-0.2, -0.15) is 13.2 Å². The molecule has 0 aliphatic carbocycles. The highest BCUT2D eigenvalue weighted by Crippen LogP contribution is 2.31. The second-order valence-corrected chi connectivity index (χ2v) is 6.10. The summed E-state index contributed by atoms with van der Waals surface area (Å²) in [5.74, 6) is -0.332. The van der Waals surface area contributed by atoms with Crippen molar-refractivity contribution in [3.8, 4) is 5.75 Å². The maximum absolute atomic E-state index is 12.9. The van der Waals surface area contributed by atoms with Crippen LogP contribution in [-0.4, -0.2) is 42.1 Å². The minimum Gasteiger partial charge on any atom is -0.508 e. The molecule has 138 valence electrons. The summed E-state index contributed by atoms with van der Waals surface area (Å²) in [6.45, 7) is 1.82. The number of nitrogens with zero attached hydrogens (tertiary/aromatic N) is 2. The fourth-order valence-electron chi connectivity index (χ4n) is 2.92. The molecule has 1 heterocycles. The Bertz CT molecular complexity index is 798. The van der Waals surface area contributed by atoms with E-state index in [1.54, 1.807) is 24.3 Å². The van der Waals surface area contributed by atoms with Crippen molar-refractivity contribution in [1.82, 2.24) is 4.90 Å². The Morgan fingerprint density at radius 2 is 1.62 bits per heavy atom. The van der Waals surface area contributed by atoms with E-state index in [1.165, 1.54) is 4.90 Å². The van der Waals surface area contributed by atoms with Crippen molar-refractivity contribution in [1.29, 1.82) is 0 Å². The molecule has 1 aliphatic rings. The minimum absolute atomic E-state index is 0.0314. The van der Waals surface area contributed by atoms with Crippen molar-refractivity contribution < 1.29 is 23.1 Å². The summed E-state index contributed by atoms with van der Waals surface area (Å²) in [7, 11) is 0. The predicted octanol–water partition coefficient (Wildman–Crippen LogP) is 2.96. The van der Waals surface area contributed by atoms with E-state index < -0.39 is 17.6 Å². The highest BCUT2D eigenvalue weighted by Gasteiger charge is 2.32. The standard InChI is InChI=1S/C18H18F3N3O2/c19-18(20,21)12-1-6-16(22)15(11-12)17(26)24-9-7-23(8-10-24)13-2-4-14(25)5-3-13/h1-6,11,25H,7-10,22H2. The highest BCUT2D eigenvalue weighted by molar-refractivity contribution is 5.99. The molecule has 1 saturated heterocycles. The number of hydrogen-bond acceptors (Lipinski definition) is 4. The van der Waals surface area contributed by atoms with Crippen LogP contribution in [0.5, 0.6) is 5.75 Å². The molecular formula is C18H18F3N3O2. The van der Waals surface area contributed by atoms with Crippen LogP contribution in [0.2, 0.25) is 0 Å². The van der Waals surface area contributed by atoms with E-state index in [0.29, 0.717) is 26.2 Å². The summed E-state index contributed by atoms with van der Waals surface area (Å²) in [5, 5.41) is 9.34. The predicted molar refractivity (Wildman–Crippen MR) is 92.1 cm³/mol. The summed E-state index contributed by atoms with van der Waals surface area (Å²) >= 11 is 0. The van der Waals surface area contributed by atoms with Crippen LogP contribution in [0.1, 0.15) is 15.9 Å². The number of carbonyl (C=O) groups excluding carboxylic acids is 1. The van der Waals surface area contributed by atoms with E-state index in [9.17, 15) is 23.1 Å². The third kappa shape index (κ3) is 3.68. The SMILES string of the molecule is Nc1ccc(C(F)(F)F)cc1C(=O)N1CCN(c2ccc(O)cc2)CC1. The lowest BCUT2D eigenvalue weighted by Crippen LogP contribution is -2.49. The molecule has 0 unspecified atom stereocenters. The Kier molecular flexibility index (Phi) is 4.67. The smallest absolute Gasteiger partial charge is 0.416 e. The summed E-state index contributed by atoms with van der Waals surface area (Å²) in [6, 6.07) is 9.50. The average Bonchev–Trinajstić information content (AvgIpc) is 2.61. The number of carbonyl (C=O) groups is 1. The molecule has 0 aromatic heterocycles. The molecule has 8 heteroatoms. The van der Waals surface area contributed by atoms with Crippen LogP contribution in [-0.2, 0) is 6.18 Å². The third-order valence-electron chi connectivity index (χ3n) is 4.39. The van der Waals surface area contributed by atoms with Crippen LogP contribution in [0.25, 0.3) is 0 Å². The fourth-order valence-corrected chi connectivity index (χ4v) is 2.92. The number of aromatic hydroxyl groups is 1. The van der Waals surface area contributed by atoms with Crippen molar-refractivity contribution >= 4 is 17.3 Å². The first-order valence-corrected chi connectivity index (χ1v) is 8.05. The van der Waals surface area contributed by atoms with E-state index in [0.717, 1.165) is 23.9 Å². The first-order chi connectivity index (χ1) is 12.3. The molecule has 1 amide bonds. The Morgan fingerprint density at radius 1 is 1.00 bits per heavy atom. The number of benzene rings is 2. The summed E-state index contributed by atoms with van der Waals surface area (Å²) < 4.78 is 38.6. The largest absolute Gasteiger partial charge is 0.508 e. The number of amides is 1. The molecule has 2 aromatic carbocycles. The van der Waals surface area contributed by atoms with E-state index in [4.69, 9.17) is 5.73 Å². The molecule has 5 nitrogen and oxygen atoms in total. The molecular weight excluding hydrogens is 347 g/mol. The second-order valence-electron chi connectivity index (χ2n) is 6.10. The normalized spacial score (nSPS) is 15.2. The Labute approximate surface area is 148 Å². The van der Waals surface area contributed by atoms with Crippen LogP contribution in [0.3, 0.4) is 0 Å². The summed E-state index contributed by atoms with van der Waals surface area (Å²) in [4.78, 5) is 16.2. The van der Waals surface area contributed by atoms with Crippen LogP contribution in [0.15, 0.2) is 42.5 Å². The molecule has 3 rings (SSSR count). The van der Waals surface area contributed by atoms with Crippen LogP contribution in [0, 0.1) is 0 Å². The number of anilines is 2. The average molecular weight is 365 g/mol. The van der Waals surface area contributed by atoms with Gasteiger partial charge in [0, 0.05) is 37.6 Å². The van der Waals surface area contributed by atoms with Gasteiger partial charge >= 0.3 is 6.18 Å². The molecule has 0 spiro atoms. The summed E-state index contributed by atoms with van der Waals surface area (Å²) in [5.41, 5.74) is 5.65. The van der Waals surface area contributed by atoms with E-state index in [2.05, 4.69) is 0 Å². The van der Waals surface area contributed by atoms with Crippen LogP contribution < -0.4 is 10.6 Å². The highest BCUT2D eigenvalue weighted by atomic mass is 19.4. The first-order valence-electron chi connectivity index (χ1n) is 8.05. The van der Waals surface area contributed by atoms with Gasteiger partial charge in [-0.05, 0) is 42.5 Å². The Morgan fingerprint density at radius 3 is 2.19 bits per heavy atom. The zero-order valence-corrected chi connectivity index (χ0v) is 13.8. The number of nitrogens with two attached hydrogens (primary N) is 1. The van der Waals surface area contributed by atoms with Gasteiger partial charge in [0.1, 0.15) is 5.75 Å². The molecule has 1 aliphatic heterocycles. The third-order valence-corrected chi connectivity index (χ3v) is 4.39. The summed E-state index contributed by atoms with van der Waals surface area (Å²) in [6.07, 6.45) is -4.53. The van der Waals surface area contributed by atoms with Gasteiger partial charge in [0.2, 0.25) is 0 Å². The number of alkyl halides is 3. The van der Waals surface area contributed by atoms with Crippen molar-refractivity contribution in [3.63, 3.8) is 0 Å². The van der Waals surface area contributed by atoms with Gasteiger partial charge in [-0.25, -0.2) is 0 Å². The van der Waals surface area contributed by atoms with Gasteiger partial charge in [-0.15, -0.1) is 0 Å². The number of piperazine rings is 1. The number of halogens is 3. The fraction of sp³-hybridized carbons (Fsp3) is 0.278. The lowest BCUT2D eigenvalue weighted by Gasteiger charge is -2.36. The topological polar surface area (TPSA) is 69.8 Å². The molecule has 0 saturated carbocycles. The molecule has 0 radical (unpaired) electrons. The lowest BCUT2D eigenvalue weighted by molar-refractivity contribution is -0.137. The van der Waals surface area contributed by atoms with Crippen molar-refractivity contribution in [3.05, 3.63) is 53.6 Å². The van der Waals surface area contributed by atoms with E-state index in [1.807, 2.05) is 4.90 Å². The van der Waals surface area contributed by atoms with Gasteiger partial charge in [-0.3, -0.25) is 4.79 Å². The Hall–Kier alpha value is -2.90. The Balaban J connectivity index is 1.71. The van der Waals surface area contributed by atoms with Gasteiger partial charge in [0.25, 0.3) is 5.91 Å². The molecule has 26 heavy (non-hydrogen) atoms. The number of nitrogen functional groups attached to an aromatic ring is 1. The number of phenols is 1. The first kappa shape index (κ1) is 17.9. The van der Waals surface area contributed by atoms with Gasteiger partial charge < -0.3 is 20.6 Å². The van der Waals surface area contributed by atoms with E-state index >= 15 is 0 Å². The maximum atomic E-state index is 12.9. The van der Waals surface area contributed by atoms with Crippen molar-refractivity contribution in [2.75, 3.05) is 36.8 Å². The number of rotatable bonds is 2. The quantitative estimate of drug-likeness (QED) is 0.803. The maximum Gasteiger partial charge on any atom is 0.416 e. The monoisotopic (exact) mass is 365 g/mol. The zero-order valence-electron chi connectivity index (χ0n) is 13.8. The van der Waals surface area contributed by atoms with Crippen LogP contribution in [0.4, 0.5) is 24.5 Å². The molecule has 2 aromatic rings. The number of phenolic OH excluding ortho intramolecular Hbond substituents is 1. The lowest BCUT2D eigenvalue weighted by atomic mass is 10.1. The van der Waals surface area contributed by atoms with Gasteiger partial charge in [0.15, 0.2) is 0 Å². The van der Waals surface area contributed by atoms with Crippen LogP contribution >= 0.6 is 0 Å². The van der Waals surface area contributed by atoms with E-state index in [-0.39, 0.29) is 17.0 Å². The second kappa shape index (κ2) is 6.78. The number of hydrogen-bond donors (Lipinski definition) is 2. The molecule has 0 bridgehead atoms. The van der Waals surface area contributed by atoms with Gasteiger partial charge in [0.05, 0.1) is 11.1 Å². The molecule has 0 atom stereocenters. The van der Waals surface area contributed by atoms with Crippen molar-refractivity contribution in [2.24, 2.45) is 0 Å². The van der Waals surface area contributed by atoms with Gasteiger partial charge in [-0.1, -0.05) is 0 Å². The minimum atomic E-state index is -4.53.